The lowest BCUT2D eigenvalue weighted by Gasteiger charge is -2.35. The largest absolute Gasteiger partial charge is 0.0683 e. The monoisotopic (exact) mass is 228 g/mol. The lowest BCUT2D eigenvalue weighted by atomic mass is 9.71. The van der Waals surface area contributed by atoms with Gasteiger partial charge in [-0.05, 0) is 36.5 Å². The van der Waals surface area contributed by atoms with Crippen molar-refractivity contribution in [2.24, 2.45) is 23.7 Å². The molecule has 0 aromatic heterocycles. The van der Waals surface area contributed by atoms with E-state index in [4.69, 9.17) is 0 Å². The summed E-state index contributed by atoms with van der Waals surface area (Å²) in [5.41, 5.74) is 0. The van der Waals surface area contributed by atoms with Crippen molar-refractivity contribution in [1.82, 2.24) is 0 Å². The van der Waals surface area contributed by atoms with Gasteiger partial charge in [-0.15, -0.1) is 0 Å². The summed E-state index contributed by atoms with van der Waals surface area (Å²) in [6, 6.07) is 0. The van der Waals surface area contributed by atoms with Crippen LogP contribution in [0.2, 0.25) is 0 Å². The smallest absolute Gasteiger partial charge is 0.0386 e. The molecule has 0 heteroatoms. The van der Waals surface area contributed by atoms with E-state index < -0.39 is 0 Å². The first-order chi connectivity index (χ1) is 7.65. The Hall–Kier alpha value is 0. The normalized spacial score (nSPS) is 30.4. The molecule has 100 valence electrons. The van der Waals surface area contributed by atoms with Crippen LogP contribution in [0.1, 0.15) is 81.1 Å². The summed E-state index contributed by atoms with van der Waals surface area (Å²) in [4.78, 5) is 0. The molecular weight excluding hydrogens is 192 g/mol. The van der Waals surface area contributed by atoms with Gasteiger partial charge in [0.2, 0.25) is 0 Å². The summed E-state index contributed by atoms with van der Waals surface area (Å²) in [5, 5.41) is 0. The van der Waals surface area contributed by atoms with Crippen molar-refractivity contribution in [2.45, 2.75) is 81.1 Å². The summed E-state index contributed by atoms with van der Waals surface area (Å²) in [5.74, 6) is 3.93. The molecule has 4 atom stereocenters. The lowest BCUT2D eigenvalue weighted by Crippen LogP contribution is -2.24. The fraction of sp³-hybridized carbons (Fsp3) is 1.00. The highest BCUT2D eigenvalue weighted by molar-refractivity contribution is 4.77. The third kappa shape index (κ3) is 6.55. The predicted molar refractivity (Wildman–Crippen MR) is 77.8 cm³/mol. The van der Waals surface area contributed by atoms with E-state index in [0.717, 1.165) is 23.7 Å². The highest BCUT2D eigenvalue weighted by Gasteiger charge is 2.26. The molecule has 0 saturated heterocycles. The zero-order valence-corrected chi connectivity index (χ0v) is 13.1. The van der Waals surface area contributed by atoms with Gasteiger partial charge in [0.15, 0.2) is 0 Å². The maximum atomic E-state index is 2.43. The summed E-state index contributed by atoms with van der Waals surface area (Å²) < 4.78 is 0. The quantitative estimate of drug-likeness (QED) is 0.531. The first kappa shape index (κ1) is 18.4. The van der Waals surface area contributed by atoms with E-state index in [2.05, 4.69) is 27.7 Å². The molecule has 0 aliphatic heterocycles. The third-order valence-corrected chi connectivity index (χ3v) is 4.09. The minimum Gasteiger partial charge on any atom is -0.0683 e. The molecule has 0 N–H and O–H groups in total. The lowest BCUT2D eigenvalue weighted by molar-refractivity contribution is 0.161. The number of hydrogen-bond donors (Lipinski definition) is 0. The molecule has 0 bridgehead atoms. The molecule has 0 amide bonds. The molecule has 0 radical (unpaired) electrons. The molecule has 3 unspecified atom stereocenters. The molecule has 1 aliphatic carbocycles. The van der Waals surface area contributed by atoms with Gasteiger partial charge in [-0.3, -0.25) is 0 Å². The highest BCUT2D eigenvalue weighted by atomic mass is 14.3. The first-order valence-corrected chi connectivity index (χ1v) is 7.65. The summed E-state index contributed by atoms with van der Waals surface area (Å²) in [6.07, 6.45) is 5.80. The van der Waals surface area contributed by atoms with Gasteiger partial charge in [-0.25, -0.2) is 0 Å². The maximum absolute atomic E-state index is 2.43. The molecule has 1 aliphatic rings. The Morgan fingerprint density at radius 2 is 1.44 bits per heavy atom. The molecule has 0 aromatic rings. The minimum absolute atomic E-state index is 0.958. The molecular formula is C16H36. The van der Waals surface area contributed by atoms with E-state index in [9.17, 15) is 0 Å². The van der Waals surface area contributed by atoms with Crippen molar-refractivity contribution in [3.8, 4) is 0 Å². The van der Waals surface area contributed by atoms with Crippen LogP contribution in [0.3, 0.4) is 0 Å². The van der Waals surface area contributed by atoms with Crippen molar-refractivity contribution < 1.29 is 0 Å². The van der Waals surface area contributed by atoms with E-state index in [0.29, 0.717) is 0 Å². The van der Waals surface area contributed by atoms with E-state index in [1.807, 2.05) is 27.7 Å². The van der Waals surface area contributed by atoms with Crippen LogP contribution in [0, 0.1) is 23.7 Å². The topological polar surface area (TPSA) is 0 Å². The predicted octanol–water partition coefficient (Wildman–Crippen LogP) is 6.16. The molecule has 1 saturated carbocycles. The zero-order chi connectivity index (χ0) is 13.1. The van der Waals surface area contributed by atoms with Gasteiger partial charge in [0.1, 0.15) is 0 Å². The maximum Gasteiger partial charge on any atom is -0.0386 e. The molecule has 1 fully saturated rings. The highest BCUT2D eigenvalue weighted by Crippen LogP contribution is 2.37. The minimum atomic E-state index is 0.958. The molecule has 16 heavy (non-hydrogen) atoms. The van der Waals surface area contributed by atoms with Crippen LogP contribution in [0.15, 0.2) is 0 Å². The second-order valence-electron chi connectivity index (χ2n) is 4.91. The van der Waals surface area contributed by atoms with Gasteiger partial charge in [-0.2, -0.15) is 0 Å². The van der Waals surface area contributed by atoms with Crippen LogP contribution < -0.4 is 0 Å². The van der Waals surface area contributed by atoms with Gasteiger partial charge >= 0.3 is 0 Å². The van der Waals surface area contributed by atoms with Crippen LogP contribution >= 0.6 is 0 Å². The Kier molecular flexibility index (Phi) is 13.2. The SMILES string of the molecule is CC.CC.CC[C@H](C)C1CCC(C)C(C)C1. The summed E-state index contributed by atoms with van der Waals surface area (Å²) in [7, 11) is 0. The second kappa shape index (κ2) is 11.5. The summed E-state index contributed by atoms with van der Waals surface area (Å²) >= 11 is 0. The van der Waals surface area contributed by atoms with Crippen molar-refractivity contribution >= 4 is 0 Å². The number of rotatable bonds is 2. The molecule has 0 nitrogen and oxygen atoms in total. The fourth-order valence-corrected chi connectivity index (χ4v) is 2.44. The standard InChI is InChI=1S/C12H24.2C2H6/c1-5-9(2)12-7-6-10(3)11(4)8-12;2*1-2/h9-12H,5-8H2,1-4H3;2*1-2H3/t9-,10?,11?,12?;;/m0../s1. The van der Waals surface area contributed by atoms with Gasteiger partial charge in [-0.1, -0.05) is 68.2 Å². The summed E-state index contributed by atoms with van der Waals surface area (Å²) in [6.45, 7) is 17.6. The molecule has 0 heterocycles. The molecule has 0 spiro atoms. The van der Waals surface area contributed by atoms with E-state index >= 15 is 0 Å². The zero-order valence-electron chi connectivity index (χ0n) is 13.1. The van der Waals surface area contributed by atoms with E-state index in [1.54, 1.807) is 0 Å². The van der Waals surface area contributed by atoms with E-state index in [1.165, 1.54) is 25.7 Å². The van der Waals surface area contributed by atoms with Crippen molar-refractivity contribution in [2.75, 3.05) is 0 Å². The van der Waals surface area contributed by atoms with Crippen LogP contribution in [0.4, 0.5) is 0 Å². The Labute approximate surface area is 105 Å². The van der Waals surface area contributed by atoms with Gasteiger partial charge in [0.05, 0.1) is 0 Å². The van der Waals surface area contributed by atoms with Crippen LogP contribution in [0.25, 0.3) is 0 Å². The van der Waals surface area contributed by atoms with Gasteiger partial charge < -0.3 is 0 Å². The average Bonchev–Trinajstić information content (AvgIpc) is 2.36. The molecule has 0 aromatic carbocycles. The number of hydrogen-bond acceptors (Lipinski definition) is 0. The fourth-order valence-electron chi connectivity index (χ4n) is 2.44. The van der Waals surface area contributed by atoms with Gasteiger partial charge in [0.25, 0.3) is 0 Å². The van der Waals surface area contributed by atoms with Crippen LogP contribution in [0.5, 0.6) is 0 Å². The average molecular weight is 228 g/mol. The Morgan fingerprint density at radius 3 is 1.81 bits per heavy atom. The second-order valence-corrected chi connectivity index (χ2v) is 4.91. The Bertz CT molecular complexity index is 128. The van der Waals surface area contributed by atoms with Crippen molar-refractivity contribution in [3.05, 3.63) is 0 Å². The van der Waals surface area contributed by atoms with Crippen LogP contribution in [-0.4, -0.2) is 0 Å². The van der Waals surface area contributed by atoms with E-state index in [-0.39, 0.29) is 0 Å². The third-order valence-electron chi connectivity index (χ3n) is 4.09. The first-order valence-electron chi connectivity index (χ1n) is 7.65. The Morgan fingerprint density at radius 1 is 0.938 bits per heavy atom. The Balaban J connectivity index is 0. The van der Waals surface area contributed by atoms with Gasteiger partial charge in [0, 0.05) is 0 Å². The van der Waals surface area contributed by atoms with Crippen molar-refractivity contribution in [3.63, 3.8) is 0 Å². The van der Waals surface area contributed by atoms with Crippen LogP contribution in [-0.2, 0) is 0 Å². The molecule has 1 rings (SSSR count). The van der Waals surface area contributed by atoms with Crippen molar-refractivity contribution in [1.29, 1.82) is 0 Å².